The average Bonchev–Trinajstić information content (AvgIpc) is 2.99. The molecule has 0 bridgehead atoms. The Bertz CT molecular complexity index is 721. The van der Waals surface area contributed by atoms with Crippen molar-refractivity contribution in [3.8, 4) is 11.5 Å². The Morgan fingerprint density at radius 1 is 1.10 bits per heavy atom. The molecule has 1 heterocycles. The first-order valence-electron chi connectivity index (χ1n) is 7.04. The van der Waals surface area contributed by atoms with Gasteiger partial charge in [-0.1, -0.05) is 54.9 Å². The van der Waals surface area contributed by atoms with Crippen LogP contribution in [0.15, 0.2) is 65.2 Å². The van der Waals surface area contributed by atoms with E-state index < -0.39 is 0 Å². The van der Waals surface area contributed by atoms with Crippen LogP contribution in [0.5, 0.6) is 0 Å². The molecule has 0 spiro atoms. The minimum absolute atomic E-state index is 0.228. The van der Waals surface area contributed by atoms with E-state index in [1.165, 1.54) is 5.56 Å². The van der Waals surface area contributed by atoms with Crippen LogP contribution < -0.4 is 0 Å². The number of hydrogen-bond acceptors (Lipinski definition) is 2. The normalized spacial score (nSPS) is 12.3. The molecule has 0 N–H and O–H groups in total. The van der Waals surface area contributed by atoms with Gasteiger partial charge in [-0.25, -0.2) is 4.98 Å². The molecule has 0 saturated carbocycles. The summed E-state index contributed by atoms with van der Waals surface area (Å²) >= 11 is 6.02. The Balaban J connectivity index is 1.94. The van der Waals surface area contributed by atoms with Gasteiger partial charge in [-0.05, 0) is 30.2 Å². The summed E-state index contributed by atoms with van der Waals surface area (Å²) in [5.41, 5.74) is 2.14. The predicted octanol–water partition coefficient (Wildman–Crippen LogP) is 5.54. The number of oxazole rings is 1. The van der Waals surface area contributed by atoms with Gasteiger partial charge < -0.3 is 4.42 Å². The highest BCUT2D eigenvalue weighted by Crippen LogP contribution is 2.31. The van der Waals surface area contributed by atoms with Crippen LogP contribution in [0.4, 0.5) is 0 Å². The fourth-order valence-corrected chi connectivity index (χ4v) is 2.68. The summed E-state index contributed by atoms with van der Waals surface area (Å²) in [6.07, 6.45) is 2.78. The lowest BCUT2D eigenvalue weighted by atomic mass is 9.95. The minimum atomic E-state index is 0.228. The SMILES string of the molecule is CCC(c1ccccc1)c1cnc(-c2cccc(Cl)c2)o1. The third kappa shape index (κ3) is 3.01. The summed E-state index contributed by atoms with van der Waals surface area (Å²) < 4.78 is 5.96. The van der Waals surface area contributed by atoms with Crippen molar-refractivity contribution in [1.29, 1.82) is 0 Å². The molecule has 1 atom stereocenters. The topological polar surface area (TPSA) is 26.0 Å². The van der Waals surface area contributed by atoms with E-state index >= 15 is 0 Å². The molecular weight excluding hydrogens is 282 g/mol. The second-order valence-electron chi connectivity index (χ2n) is 4.95. The molecule has 0 aliphatic rings. The Labute approximate surface area is 129 Å². The molecule has 0 fully saturated rings. The summed E-state index contributed by atoms with van der Waals surface area (Å²) in [6, 6.07) is 17.9. The van der Waals surface area contributed by atoms with Crippen LogP contribution in [-0.2, 0) is 0 Å². The van der Waals surface area contributed by atoms with Gasteiger partial charge >= 0.3 is 0 Å². The molecule has 0 radical (unpaired) electrons. The summed E-state index contributed by atoms with van der Waals surface area (Å²) in [5.74, 6) is 1.73. The van der Waals surface area contributed by atoms with Crippen molar-refractivity contribution < 1.29 is 4.42 Å². The maximum Gasteiger partial charge on any atom is 0.226 e. The highest BCUT2D eigenvalue weighted by atomic mass is 35.5. The van der Waals surface area contributed by atoms with E-state index in [-0.39, 0.29) is 5.92 Å². The fourth-order valence-electron chi connectivity index (χ4n) is 2.49. The van der Waals surface area contributed by atoms with Gasteiger partial charge in [-0.3, -0.25) is 0 Å². The second kappa shape index (κ2) is 6.15. The molecule has 2 nitrogen and oxygen atoms in total. The van der Waals surface area contributed by atoms with E-state index in [9.17, 15) is 0 Å². The zero-order chi connectivity index (χ0) is 14.7. The summed E-state index contributed by atoms with van der Waals surface area (Å²) in [6.45, 7) is 2.15. The molecule has 2 aromatic carbocycles. The Morgan fingerprint density at radius 3 is 2.62 bits per heavy atom. The molecule has 0 amide bonds. The zero-order valence-electron chi connectivity index (χ0n) is 11.8. The first kappa shape index (κ1) is 13.9. The van der Waals surface area contributed by atoms with Crippen LogP contribution in [0.3, 0.4) is 0 Å². The van der Waals surface area contributed by atoms with E-state index in [1.807, 2.05) is 48.7 Å². The molecular formula is C18H16ClNO. The number of benzene rings is 2. The van der Waals surface area contributed by atoms with Gasteiger partial charge in [0.15, 0.2) is 0 Å². The average molecular weight is 298 g/mol. The lowest BCUT2D eigenvalue weighted by Gasteiger charge is -2.11. The van der Waals surface area contributed by atoms with Crippen molar-refractivity contribution in [2.45, 2.75) is 19.3 Å². The van der Waals surface area contributed by atoms with E-state index in [2.05, 4.69) is 24.0 Å². The summed E-state index contributed by atoms with van der Waals surface area (Å²) in [4.78, 5) is 4.40. The molecule has 0 aliphatic heterocycles. The van der Waals surface area contributed by atoms with Crippen molar-refractivity contribution in [1.82, 2.24) is 4.98 Å². The molecule has 3 rings (SSSR count). The maximum atomic E-state index is 6.02. The van der Waals surface area contributed by atoms with Gasteiger partial charge in [0.1, 0.15) is 5.76 Å². The van der Waals surface area contributed by atoms with Crippen LogP contribution in [0, 0.1) is 0 Å². The van der Waals surface area contributed by atoms with E-state index in [0.717, 1.165) is 17.7 Å². The number of aromatic nitrogens is 1. The zero-order valence-corrected chi connectivity index (χ0v) is 12.5. The Kier molecular flexibility index (Phi) is 4.07. The van der Waals surface area contributed by atoms with Crippen LogP contribution in [-0.4, -0.2) is 4.98 Å². The predicted molar refractivity (Wildman–Crippen MR) is 85.5 cm³/mol. The minimum Gasteiger partial charge on any atom is -0.441 e. The van der Waals surface area contributed by atoms with Crippen LogP contribution in [0.25, 0.3) is 11.5 Å². The van der Waals surface area contributed by atoms with Crippen molar-refractivity contribution in [3.05, 3.63) is 77.1 Å². The van der Waals surface area contributed by atoms with Crippen LogP contribution >= 0.6 is 11.6 Å². The van der Waals surface area contributed by atoms with Gasteiger partial charge in [0.2, 0.25) is 5.89 Å². The molecule has 0 saturated heterocycles. The van der Waals surface area contributed by atoms with E-state index in [0.29, 0.717) is 10.9 Å². The van der Waals surface area contributed by atoms with E-state index in [4.69, 9.17) is 16.0 Å². The summed E-state index contributed by atoms with van der Waals surface area (Å²) in [7, 11) is 0. The Hall–Kier alpha value is -2.06. The summed E-state index contributed by atoms with van der Waals surface area (Å²) in [5, 5.41) is 0.683. The number of halogens is 1. The first-order chi connectivity index (χ1) is 10.3. The molecule has 3 heteroatoms. The molecule has 106 valence electrons. The van der Waals surface area contributed by atoms with Gasteiger partial charge in [0.25, 0.3) is 0 Å². The number of nitrogens with zero attached hydrogens (tertiary/aromatic N) is 1. The third-order valence-electron chi connectivity index (χ3n) is 3.55. The van der Waals surface area contributed by atoms with Crippen molar-refractivity contribution >= 4 is 11.6 Å². The number of hydrogen-bond donors (Lipinski definition) is 0. The largest absolute Gasteiger partial charge is 0.441 e. The third-order valence-corrected chi connectivity index (χ3v) is 3.78. The molecule has 0 aliphatic carbocycles. The lowest BCUT2D eigenvalue weighted by molar-refractivity contribution is 0.488. The van der Waals surface area contributed by atoms with Crippen LogP contribution in [0.2, 0.25) is 5.02 Å². The van der Waals surface area contributed by atoms with Crippen molar-refractivity contribution in [3.63, 3.8) is 0 Å². The van der Waals surface area contributed by atoms with Crippen molar-refractivity contribution in [2.24, 2.45) is 0 Å². The van der Waals surface area contributed by atoms with Gasteiger partial charge in [-0.2, -0.15) is 0 Å². The maximum absolute atomic E-state index is 6.02. The molecule has 1 aromatic heterocycles. The number of rotatable bonds is 4. The smallest absolute Gasteiger partial charge is 0.226 e. The molecule has 3 aromatic rings. The van der Waals surface area contributed by atoms with Gasteiger partial charge in [0.05, 0.1) is 6.20 Å². The van der Waals surface area contributed by atoms with Gasteiger partial charge in [0, 0.05) is 16.5 Å². The van der Waals surface area contributed by atoms with E-state index in [1.54, 1.807) is 0 Å². The molecule has 21 heavy (non-hydrogen) atoms. The standard InChI is InChI=1S/C18H16ClNO/c1-2-16(13-7-4-3-5-8-13)17-12-20-18(21-17)14-9-6-10-15(19)11-14/h3-12,16H,2H2,1H3. The quantitative estimate of drug-likeness (QED) is 0.632. The highest BCUT2D eigenvalue weighted by molar-refractivity contribution is 6.30. The second-order valence-corrected chi connectivity index (χ2v) is 5.39. The van der Waals surface area contributed by atoms with Crippen LogP contribution in [0.1, 0.15) is 30.6 Å². The Morgan fingerprint density at radius 2 is 1.90 bits per heavy atom. The fraction of sp³-hybridized carbons (Fsp3) is 0.167. The highest BCUT2D eigenvalue weighted by Gasteiger charge is 2.17. The monoisotopic (exact) mass is 297 g/mol. The molecule has 1 unspecified atom stereocenters. The first-order valence-corrected chi connectivity index (χ1v) is 7.42. The van der Waals surface area contributed by atoms with Gasteiger partial charge in [-0.15, -0.1) is 0 Å². The van der Waals surface area contributed by atoms with Crippen molar-refractivity contribution in [2.75, 3.05) is 0 Å². The lowest BCUT2D eigenvalue weighted by Crippen LogP contribution is -1.97.